The van der Waals surface area contributed by atoms with Crippen LogP contribution in [0.5, 0.6) is 5.88 Å². The monoisotopic (exact) mass is 413 g/mol. The number of halogens is 3. The maximum absolute atomic E-state index is 12.5. The van der Waals surface area contributed by atoms with E-state index in [0.717, 1.165) is 11.5 Å². The number of nitrogens with one attached hydrogen (secondary N) is 1. The Morgan fingerprint density at radius 1 is 1.28 bits per heavy atom. The third kappa shape index (κ3) is 6.20. The number of furan rings is 1. The topological polar surface area (TPSA) is 76.8 Å². The minimum Gasteiger partial charge on any atom is -0.468 e. The number of nitrogens with zero attached hydrogens (tertiary/aromatic N) is 2. The molecule has 0 spiro atoms. The van der Waals surface area contributed by atoms with Gasteiger partial charge < -0.3 is 19.2 Å². The lowest BCUT2D eigenvalue weighted by molar-refractivity contribution is -0.154. The van der Waals surface area contributed by atoms with Crippen LogP contribution in [-0.2, 0) is 4.74 Å². The highest BCUT2D eigenvalue weighted by molar-refractivity contribution is 5.93. The first kappa shape index (κ1) is 21.1. The van der Waals surface area contributed by atoms with E-state index < -0.39 is 12.8 Å². The Hall–Kier alpha value is -2.59. The Kier molecular flexibility index (Phi) is 6.75. The molecule has 0 bridgehead atoms. The van der Waals surface area contributed by atoms with E-state index in [0.29, 0.717) is 32.8 Å². The molecule has 1 atom stereocenters. The highest BCUT2D eigenvalue weighted by Crippen LogP contribution is 2.23. The summed E-state index contributed by atoms with van der Waals surface area (Å²) in [7, 11) is 0. The molecule has 158 valence electrons. The first-order valence-corrected chi connectivity index (χ1v) is 9.14. The third-order valence-corrected chi connectivity index (χ3v) is 4.41. The number of hydrogen-bond donors (Lipinski definition) is 1. The van der Waals surface area contributed by atoms with Crippen molar-refractivity contribution in [3.63, 3.8) is 0 Å². The van der Waals surface area contributed by atoms with E-state index in [1.54, 1.807) is 0 Å². The zero-order valence-corrected chi connectivity index (χ0v) is 15.9. The van der Waals surface area contributed by atoms with Crippen molar-refractivity contribution in [1.29, 1.82) is 0 Å². The standard InChI is InChI=1S/C19H22F3N3O4/c1-13-2-4-16(29-13)15(25-6-8-27-9-7-25)11-24-18(26)14-3-5-17(23-10-14)28-12-19(20,21)22/h2-5,10,15H,6-9,11-12H2,1H3,(H,24,26). The molecule has 29 heavy (non-hydrogen) atoms. The van der Waals surface area contributed by atoms with Gasteiger partial charge in [-0.1, -0.05) is 0 Å². The summed E-state index contributed by atoms with van der Waals surface area (Å²) in [5, 5.41) is 2.84. The number of aryl methyl sites for hydroxylation is 1. The number of aromatic nitrogens is 1. The molecule has 1 saturated heterocycles. The van der Waals surface area contributed by atoms with Crippen LogP contribution in [0.15, 0.2) is 34.9 Å². The molecule has 10 heteroatoms. The molecule has 0 aromatic carbocycles. The molecule has 3 heterocycles. The van der Waals surface area contributed by atoms with Gasteiger partial charge in [0.2, 0.25) is 5.88 Å². The summed E-state index contributed by atoms with van der Waals surface area (Å²) in [6.45, 7) is 3.36. The van der Waals surface area contributed by atoms with Crippen LogP contribution >= 0.6 is 0 Å². The Labute approximate surface area is 165 Å². The molecule has 7 nitrogen and oxygen atoms in total. The van der Waals surface area contributed by atoms with Crippen LogP contribution in [0.4, 0.5) is 13.2 Å². The molecule has 1 unspecified atom stereocenters. The number of pyridine rings is 1. The van der Waals surface area contributed by atoms with Crippen molar-refractivity contribution in [2.75, 3.05) is 39.5 Å². The van der Waals surface area contributed by atoms with Crippen molar-refractivity contribution in [3.05, 3.63) is 47.5 Å². The van der Waals surface area contributed by atoms with E-state index in [9.17, 15) is 18.0 Å². The van der Waals surface area contributed by atoms with E-state index in [4.69, 9.17) is 9.15 Å². The van der Waals surface area contributed by atoms with Crippen molar-refractivity contribution in [2.24, 2.45) is 0 Å². The van der Waals surface area contributed by atoms with Gasteiger partial charge in [-0.3, -0.25) is 9.69 Å². The summed E-state index contributed by atoms with van der Waals surface area (Å²) >= 11 is 0. The average molecular weight is 413 g/mol. The van der Waals surface area contributed by atoms with E-state index in [2.05, 4.69) is 19.9 Å². The fraction of sp³-hybridized carbons (Fsp3) is 0.474. The van der Waals surface area contributed by atoms with Gasteiger partial charge >= 0.3 is 6.18 Å². The van der Waals surface area contributed by atoms with Gasteiger partial charge in [0, 0.05) is 31.9 Å². The van der Waals surface area contributed by atoms with Gasteiger partial charge in [0.1, 0.15) is 11.5 Å². The molecule has 2 aromatic heterocycles. The predicted octanol–water partition coefficient (Wildman–Crippen LogP) is 2.73. The number of morpholine rings is 1. The number of alkyl halides is 3. The minimum atomic E-state index is -4.45. The number of ether oxygens (including phenoxy) is 2. The molecule has 1 N–H and O–H groups in total. The first-order chi connectivity index (χ1) is 13.8. The van der Waals surface area contributed by atoms with Crippen molar-refractivity contribution in [1.82, 2.24) is 15.2 Å². The second-order valence-electron chi connectivity index (χ2n) is 6.61. The second kappa shape index (κ2) is 9.27. The van der Waals surface area contributed by atoms with Crippen molar-refractivity contribution >= 4 is 5.91 Å². The molecular weight excluding hydrogens is 391 g/mol. The fourth-order valence-electron chi connectivity index (χ4n) is 2.98. The largest absolute Gasteiger partial charge is 0.468 e. The molecule has 0 saturated carbocycles. The van der Waals surface area contributed by atoms with Crippen LogP contribution in [-0.4, -0.2) is 61.4 Å². The molecule has 3 rings (SSSR count). The zero-order valence-electron chi connectivity index (χ0n) is 15.9. The zero-order chi connectivity index (χ0) is 20.9. The smallest absolute Gasteiger partial charge is 0.422 e. The number of carbonyl (C=O) groups is 1. The summed E-state index contributed by atoms with van der Waals surface area (Å²) in [4.78, 5) is 18.4. The van der Waals surface area contributed by atoms with Gasteiger partial charge in [-0.15, -0.1) is 0 Å². The lowest BCUT2D eigenvalue weighted by atomic mass is 10.1. The van der Waals surface area contributed by atoms with Crippen LogP contribution in [0.25, 0.3) is 0 Å². The van der Waals surface area contributed by atoms with Gasteiger partial charge in [0.25, 0.3) is 5.91 Å². The van der Waals surface area contributed by atoms with E-state index in [-0.39, 0.29) is 23.4 Å². The third-order valence-electron chi connectivity index (χ3n) is 4.41. The molecule has 1 amide bonds. The number of rotatable bonds is 7. The van der Waals surface area contributed by atoms with Crippen molar-refractivity contribution in [3.8, 4) is 5.88 Å². The molecule has 1 aliphatic heterocycles. The number of amides is 1. The normalized spacial score (nSPS) is 16.4. The SMILES string of the molecule is Cc1ccc(C(CNC(=O)c2ccc(OCC(F)(F)F)nc2)N2CCOCC2)o1. The van der Waals surface area contributed by atoms with Gasteiger partial charge in [-0.05, 0) is 25.1 Å². The van der Waals surface area contributed by atoms with Crippen LogP contribution in [0.3, 0.4) is 0 Å². The van der Waals surface area contributed by atoms with E-state index >= 15 is 0 Å². The highest BCUT2D eigenvalue weighted by Gasteiger charge is 2.29. The van der Waals surface area contributed by atoms with Gasteiger partial charge in [-0.25, -0.2) is 4.98 Å². The quantitative estimate of drug-likeness (QED) is 0.752. The van der Waals surface area contributed by atoms with Crippen molar-refractivity contribution < 1.29 is 31.9 Å². The Morgan fingerprint density at radius 3 is 2.62 bits per heavy atom. The van der Waals surface area contributed by atoms with Crippen LogP contribution in [0.2, 0.25) is 0 Å². The molecule has 1 aliphatic rings. The Balaban J connectivity index is 1.60. The van der Waals surface area contributed by atoms with Crippen LogP contribution in [0.1, 0.15) is 27.9 Å². The highest BCUT2D eigenvalue weighted by atomic mass is 19.4. The molecular formula is C19H22F3N3O4. The Bertz CT molecular complexity index is 802. The van der Waals surface area contributed by atoms with Crippen LogP contribution in [0, 0.1) is 6.92 Å². The molecule has 2 aromatic rings. The van der Waals surface area contributed by atoms with Crippen LogP contribution < -0.4 is 10.1 Å². The average Bonchev–Trinajstić information content (AvgIpc) is 3.13. The summed E-state index contributed by atoms with van der Waals surface area (Å²) in [6.07, 6.45) is -3.27. The number of carbonyl (C=O) groups excluding carboxylic acids is 1. The lowest BCUT2D eigenvalue weighted by Gasteiger charge is -2.33. The van der Waals surface area contributed by atoms with Crippen molar-refractivity contribution in [2.45, 2.75) is 19.1 Å². The summed E-state index contributed by atoms with van der Waals surface area (Å²) in [5.41, 5.74) is 0.223. The summed E-state index contributed by atoms with van der Waals surface area (Å²) < 4.78 is 52.2. The van der Waals surface area contributed by atoms with E-state index in [1.165, 1.54) is 18.3 Å². The molecule has 1 fully saturated rings. The van der Waals surface area contributed by atoms with Gasteiger partial charge in [-0.2, -0.15) is 13.2 Å². The second-order valence-corrected chi connectivity index (χ2v) is 6.61. The van der Waals surface area contributed by atoms with E-state index in [1.807, 2.05) is 19.1 Å². The Morgan fingerprint density at radius 2 is 2.03 bits per heavy atom. The fourth-order valence-corrected chi connectivity index (χ4v) is 2.98. The maximum Gasteiger partial charge on any atom is 0.422 e. The van der Waals surface area contributed by atoms with Gasteiger partial charge in [0.05, 0.1) is 24.8 Å². The minimum absolute atomic E-state index is 0.154. The molecule has 0 aliphatic carbocycles. The summed E-state index contributed by atoms with van der Waals surface area (Å²) in [5.74, 6) is 0.944. The molecule has 0 radical (unpaired) electrons. The maximum atomic E-state index is 12.5. The lowest BCUT2D eigenvalue weighted by Crippen LogP contribution is -2.43. The predicted molar refractivity (Wildman–Crippen MR) is 96.7 cm³/mol. The summed E-state index contributed by atoms with van der Waals surface area (Å²) in [6, 6.07) is 6.20. The van der Waals surface area contributed by atoms with Gasteiger partial charge in [0.15, 0.2) is 6.61 Å². The number of hydrogen-bond acceptors (Lipinski definition) is 6. The first-order valence-electron chi connectivity index (χ1n) is 9.14.